The maximum absolute atomic E-state index is 12.5. The molecule has 57 heavy (non-hydrogen) atoms. The molecule has 0 aliphatic heterocycles. The van der Waals surface area contributed by atoms with Gasteiger partial charge in [0.15, 0.2) is 0 Å². The van der Waals surface area contributed by atoms with Crippen molar-refractivity contribution in [2.45, 2.75) is 302 Å². The zero-order valence-corrected chi connectivity index (χ0v) is 38.6. The average Bonchev–Trinajstić information content (AvgIpc) is 3.21. The third-order valence-corrected chi connectivity index (χ3v) is 12.2. The molecule has 0 radical (unpaired) electrons. The maximum atomic E-state index is 12.5. The smallest absolute Gasteiger partial charge is 0.305 e. The Kier molecular flexibility index (Phi) is 46.6. The van der Waals surface area contributed by atoms with Crippen molar-refractivity contribution in [1.29, 1.82) is 0 Å². The summed E-state index contributed by atoms with van der Waals surface area (Å²) in [6.45, 7) is 4.92. The topological polar surface area (TPSA) is 95.9 Å². The highest BCUT2D eigenvalue weighted by Crippen LogP contribution is 2.17. The zero-order valence-electron chi connectivity index (χ0n) is 38.6. The summed E-state index contributed by atoms with van der Waals surface area (Å²) in [5, 5.41) is 23.2. The lowest BCUT2D eigenvalue weighted by Gasteiger charge is -2.22. The van der Waals surface area contributed by atoms with Crippen molar-refractivity contribution in [1.82, 2.24) is 5.32 Å². The number of aliphatic hydroxyl groups excluding tert-OH is 2. The van der Waals surface area contributed by atoms with Crippen LogP contribution in [-0.2, 0) is 14.3 Å². The van der Waals surface area contributed by atoms with Crippen molar-refractivity contribution in [3.05, 3.63) is 0 Å². The number of hydrogen-bond donors (Lipinski definition) is 3. The minimum Gasteiger partial charge on any atom is -0.466 e. The van der Waals surface area contributed by atoms with E-state index in [0.717, 1.165) is 57.8 Å². The number of aliphatic hydroxyl groups is 2. The van der Waals surface area contributed by atoms with Crippen molar-refractivity contribution in [2.75, 3.05) is 13.2 Å². The molecule has 0 fully saturated rings. The van der Waals surface area contributed by atoms with E-state index in [1.54, 1.807) is 0 Å². The third-order valence-electron chi connectivity index (χ3n) is 12.2. The van der Waals surface area contributed by atoms with E-state index in [0.29, 0.717) is 25.9 Å². The van der Waals surface area contributed by atoms with Crippen LogP contribution < -0.4 is 5.32 Å². The Morgan fingerprint density at radius 1 is 0.421 bits per heavy atom. The van der Waals surface area contributed by atoms with Gasteiger partial charge in [0.1, 0.15) is 0 Å². The number of ether oxygens (including phenoxy) is 1. The van der Waals surface area contributed by atoms with Crippen LogP contribution in [0.25, 0.3) is 0 Å². The number of nitrogens with one attached hydrogen (secondary N) is 1. The Labute approximate surface area is 356 Å². The monoisotopic (exact) mass is 808 g/mol. The molecule has 0 rings (SSSR count). The second kappa shape index (κ2) is 47.5. The lowest BCUT2D eigenvalue weighted by atomic mass is 10.0. The van der Waals surface area contributed by atoms with Crippen LogP contribution in [0.4, 0.5) is 0 Å². The highest BCUT2D eigenvalue weighted by Gasteiger charge is 2.20. The van der Waals surface area contributed by atoms with E-state index >= 15 is 0 Å². The summed E-state index contributed by atoms with van der Waals surface area (Å²) in [5.41, 5.74) is 0. The Morgan fingerprint density at radius 2 is 0.719 bits per heavy atom. The lowest BCUT2D eigenvalue weighted by Crippen LogP contribution is -2.45. The molecule has 0 aromatic rings. The highest BCUT2D eigenvalue weighted by molar-refractivity contribution is 5.76. The predicted octanol–water partition coefficient (Wildman–Crippen LogP) is 15.2. The molecule has 0 aromatic heterocycles. The SMILES string of the molecule is CCCCCCCCCCCCCCCCCCCC(O)C(CO)NC(=O)CCCCCCCCCCCCCOC(=O)CCCCCCCCCCCCCC. The number of carbonyl (C=O) groups excluding carboxylic acids is 2. The van der Waals surface area contributed by atoms with E-state index in [4.69, 9.17) is 4.74 Å². The van der Waals surface area contributed by atoms with Crippen LogP contribution in [0.5, 0.6) is 0 Å². The van der Waals surface area contributed by atoms with Crippen LogP contribution >= 0.6 is 0 Å². The van der Waals surface area contributed by atoms with Gasteiger partial charge in [-0.25, -0.2) is 0 Å². The number of esters is 1. The van der Waals surface area contributed by atoms with Crippen LogP contribution in [0.3, 0.4) is 0 Å². The first kappa shape index (κ1) is 55.9. The molecule has 0 saturated carbocycles. The number of hydrogen-bond acceptors (Lipinski definition) is 5. The minimum atomic E-state index is -0.674. The van der Waals surface area contributed by atoms with Gasteiger partial charge in [0.25, 0.3) is 0 Å². The Bertz CT molecular complexity index is 806. The number of amides is 1. The molecule has 2 unspecified atom stereocenters. The second-order valence-corrected chi connectivity index (χ2v) is 17.9. The van der Waals surface area contributed by atoms with Gasteiger partial charge >= 0.3 is 5.97 Å². The van der Waals surface area contributed by atoms with Crippen molar-refractivity contribution < 1.29 is 24.5 Å². The summed E-state index contributed by atoms with van der Waals surface area (Å²) >= 11 is 0. The lowest BCUT2D eigenvalue weighted by molar-refractivity contribution is -0.143. The van der Waals surface area contributed by atoms with Crippen LogP contribution in [0.1, 0.15) is 290 Å². The molecular weight excluding hydrogens is 707 g/mol. The largest absolute Gasteiger partial charge is 0.466 e. The molecule has 6 heteroatoms. The quantitative estimate of drug-likeness (QED) is 0.0420. The first-order valence-corrected chi connectivity index (χ1v) is 25.8. The van der Waals surface area contributed by atoms with Gasteiger partial charge in [-0.1, -0.05) is 251 Å². The molecule has 3 N–H and O–H groups in total. The molecule has 0 spiro atoms. The molecule has 1 amide bonds. The van der Waals surface area contributed by atoms with E-state index in [9.17, 15) is 19.8 Å². The zero-order chi connectivity index (χ0) is 41.5. The first-order valence-electron chi connectivity index (χ1n) is 25.8. The van der Waals surface area contributed by atoms with E-state index < -0.39 is 12.1 Å². The van der Waals surface area contributed by atoms with Gasteiger partial charge in [-0.05, 0) is 25.7 Å². The molecule has 0 saturated heterocycles. The molecule has 0 aromatic carbocycles. The van der Waals surface area contributed by atoms with Crippen molar-refractivity contribution in [3.63, 3.8) is 0 Å². The summed E-state index contributed by atoms with van der Waals surface area (Å²) in [7, 11) is 0. The van der Waals surface area contributed by atoms with Gasteiger partial charge < -0.3 is 20.3 Å². The van der Waals surface area contributed by atoms with Gasteiger partial charge in [0.05, 0.1) is 25.4 Å². The van der Waals surface area contributed by atoms with Gasteiger partial charge in [-0.15, -0.1) is 0 Å². The summed E-state index contributed by atoms with van der Waals surface area (Å²) < 4.78 is 5.45. The summed E-state index contributed by atoms with van der Waals surface area (Å²) in [6.07, 6.45) is 52.1. The second-order valence-electron chi connectivity index (χ2n) is 17.9. The van der Waals surface area contributed by atoms with E-state index in [1.807, 2.05) is 0 Å². The molecule has 0 heterocycles. The van der Waals surface area contributed by atoms with Crippen LogP contribution in [-0.4, -0.2) is 47.4 Å². The fourth-order valence-corrected chi connectivity index (χ4v) is 8.17. The fraction of sp³-hybridized carbons (Fsp3) is 0.961. The first-order chi connectivity index (χ1) is 28.0. The van der Waals surface area contributed by atoms with E-state index in [1.165, 1.54) is 199 Å². The highest BCUT2D eigenvalue weighted by atomic mass is 16.5. The average molecular weight is 808 g/mol. The van der Waals surface area contributed by atoms with Gasteiger partial charge in [-0.3, -0.25) is 9.59 Å². The number of unbranched alkanes of at least 4 members (excludes halogenated alkanes) is 37. The van der Waals surface area contributed by atoms with Crippen molar-refractivity contribution in [3.8, 4) is 0 Å². The normalized spacial score (nSPS) is 12.6. The van der Waals surface area contributed by atoms with Crippen molar-refractivity contribution >= 4 is 11.9 Å². The Balaban J connectivity index is 3.46. The van der Waals surface area contributed by atoms with Gasteiger partial charge in [-0.2, -0.15) is 0 Å². The minimum absolute atomic E-state index is 0.0121. The van der Waals surface area contributed by atoms with Crippen LogP contribution in [0, 0.1) is 0 Å². The Hall–Kier alpha value is -1.14. The summed E-state index contributed by atoms with van der Waals surface area (Å²) in [5.74, 6) is -0.0632. The van der Waals surface area contributed by atoms with E-state index in [-0.39, 0.29) is 18.5 Å². The Morgan fingerprint density at radius 3 is 1.07 bits per heavy atom. The molecule has 0 aliphatic rings. The molecule has 6 nitrogen and oxygen atoms in total. The van der Waals surface area contributed by atoms with Gasteiger partial charge in [0.2, 0.25) is 5.91 Å². The third kappa shape index (κ3) is 44.2. The van der Waals surface area contributed by atoms with Crippen LogP contribution in [0.15, 0.2) is 0 Å². The molecule has 0 bridgehead atoms. The predicted molar refractivity (Wildman–Crippen MR) is 246 cm³/mol. The van der Waals surface area contributed by atoms with Crippen LogP contribution in [0.2, 0.25) is 0 Å². The van der Waals surface area contributed by atoms with Crippen molar-refractivity contribution in [2.24, 2.45) is 0 Å². The molecule has 0 aliphatic carbocycles. The summed E-state index contributed by atoms with van der Waals surface area (Å²) in [4.78, 5) is 24.4. The van der Waals surface area contributed by atoms with Gasteiger partial charge in [0, 0.05) is 12.8 Å². The number of rotatable bonds is 48. The summed E-state index contributed by atoms with van der Waals surface area (Å²) in [6, 6.07) is -0.553. The number of carbonyl (C=O) groups is 2. The fourth-order valence-electron chi connectivity index (χ4n) is 8.17. The standard InChI is InChI=1S/C51H101NO5/c1-3-5-7-9-11-13-15-17-18-19-20-21-23-27-31-35-39-43-49(54)48(47-53)52-50(55)44-40-36-32-28-24-22-26-30-34-38-42-46-57-51(56)45-41-37-33-29-25-16-14-12-10-8-6-4-2/h48-49,53-54H,3-47H2,1-2H3,(H,52,55). The van der Waals surface area contributed by atoms with E-state index in [2.05, 4.69) is 19.2 Å². The molecule has 2 atom stereocenters. The molecular formula is C51H101NO5. The maximum Gasteiger partial charge on any atom is 0.305 e. The molecule has 340 valence electrons.